The van der Waals surface area contributed by atoms with Gasteiger partial charge in [-0.1, -0.05) is 72.8 Å². The van der Waals surface area contributed by atoms with Gasteiger partial charge in [0.25, 0.3) is 5.91 Å². The van der Waals surface area contributed by atoms with Gasteiger partial charge in [0.15, 0.2) is 18.2 Å². The van der Waals surface area contributed by atoms with Crippen molar-refractivity contribution in [3.63, 3.8) is 0 Å². The quantitative estimate of drug-likeness (QED) is 0.499. The van der Waals surface area contributed by atoms with Gasteiger partial charge in [0.05, 0.1) is 0 Å². The number of rotatable bonds is 9. The highest BCUT2D eigenvalue weighted by atomic mass is 19.1. The Labute approximate surface area is 200 Å². The zero-order chi connectivity index (χ0) is 24.6. The SMILES string of the molecule is CC(C)(C)NC(=O)C(Cc1ccccc1)N(Cc1ccccc1)C(=O)COc1ccccc1F. The zero-order valence-electron chi connectivity index (χ0n) is 19.8. The molecule has 1 unspecified atom stereocenters. The van der Waals surface area contributed by atoms with Gasteiger partial charge in [-0.2, -0.15) is 0 Å². The van der Waals surface area contributed by atoms with Crippen LogP contribution in [0.3, 0.4) is 0 Å². The highest BCUT2D eigenvalue weighted by Crippen LogP contribution is 2.18. The van der Waals surface area contributed by atoms with E-state index in [1.807, 2.05) is 81.4 Å². The number of ether oxygens (including phenoxy) is 1. The first-order valence-electron chi connectivity index (χ1n) is 11.3. The summed E-state index contributed by atoms with van der Waals surface area (Å²) in [6.07, 6.45) is 0.334. The molecule has 0 aromatic heterocycles. The molecule has 0 aliphatic carbocycles. The maximum atomic E-state index is 14.0. The van der Waals surface area contributed by atoms with Crippen LogP contribution in [-0.4, -0.2) is 34.9 Å². The van der Waals surface area contributed by atoms with Crippen molar-refractivity contribution in [3.05, 3.63) is 102 Å². The van der Waals surface area contributed by atoms with E-state index in [2.05, 4.69) is 5.32 Å². The molecule has 2 amide bonds. The molecule has 5 nitrogen and oxygen atoms in total. The molecule has 0 aliphatic rings. The molecule has 0 saturated heterocycles. The summed E-state index contributed by atoms with van der Waals surface area (Å²) in [5.74, 6) is -1.21. The van der Waals surface area contributed by atoms with E-state index < -0.39 is 23.3 Å². The fraction of sp³-hybridized carbons (Fsp3) is 0.286. The smallest absolute Gasteiger partial charge is 0.261 e. The number of nitrogens with one attached hydrogen (secondary N) is 1. The maximum Gasteiger partial charge on any atom is 0.261 e. The highest BCUT2D eigenvalue weighted by molar-refractivity contribution is 5.89. The molecule has 3 aromatic carbocycles. The first-order valence-corrected chi connectivity index (χ1v) is 11.3. The number of benzene rings is 3. The number of para-hydroxylation sites is 1. The Morgan fingerprint density at radius 3 is 2.03 bits per heavy atom. The molecule has 0 bridgehead atoms. The second-order valence-corrected chi connectivity index (χ2v) is 9.17. The summed E-state index contributed by atoms with van der Waals surface area (Å²) in [5, 5.41) is 3.01. The molecule has 0 radical (unpaired) electrons. The zero-order valence-corrected chi connectivity index (χ0v) is 19.8. The summed E-state index contributed by atoms with van der Waals surface area (Å²) in [6.45, 7) is 5.52. The van der Waals surface area contributed by atoms with Crippen LogP contribution in [0.1, 0.15) is 31.9 Å². The second-order valence-electron chi connectivity index (χ2n) is 9.17. The molecule has 0 aliphatic heterocycles. The van der Waals surface area contributed by atoms with Crippen molar-refractivity contribution in [2.24, 2.45) is 0 Å². The summed E-state index contributed by atoms with van der Waals surface area (Å²) in [6, 6.07) is 24.2. The van der Waals surface area contributed by atoms with Crippen LogP contribution in [0.25, 0.3) is 0 Å². The van der Waals surface area contributed by atoms with Gasteiger partial charge >= 0.3 is 0 Å². The van der Waals surface area contributed by atoms with Gasteiger partial charge in [0, 0.05) is 18.5 Å². The standard InChI is InChI=1S/C28H31FN2O3/c1-28(2,3)30-27(33)24(18-21-12-6-4-7-13-21)31(19-22-14-8-5-9-15-22)26(32)20-34-25-17-11-10-16-23(25)29/h4-17,24H,18-20H2,1-3H3,(H,30,33). The van der Waals surface area contributed by atoms with E-state index in [1.54, 1.807) is 12.1 Å². The lowest BCUT2D eigenvalue weighted by molar-refractivity contribution is -0.143. The van der Waals surface area contributed by atoms with Crippen LogP contribution in [0, 0.1) is 5.82 Å². The predicted octanol–water partition coefficient (Wildman–Crippen LogP) is 4.76. The van der Waals surface area contributed by atoms with Gasteiger partial charge in [0.1, 0.15) is 6.04 Å². The van der Waals surface area contributed by atoms with E-state index in [0.29, 0.717) is 6.42 Å². The van der Waals surface area contributed by atoms with Gasteiger partial charge in [0.2, 0.25) is 5.91 Å². The third-order valence-electron chi connectivity index (χ3n) is 5.15. The Balaban J connectivity index is 1.91. The molecule has 0 saturated carbocycles. The Morgan fingerprint density at radius 1 is 0.882 bits per heavy atom. The third-order valence-corrected chi connectivity index (χ3v) is 5.15. The normalized spacial score (nSPS) is 12.0. The van der Waals surface area contributed by atoms with Crippen molar-refractivity contribution in [2.45, 2.75) is 45.3 Å². The second kappa shape index (κ2) is 11.5. The van der Waals surface area contributed by atoms with Crippen molar-refractivity contribution in [1.29, 1.82) is 0 Å². The fourth-order valence-electron chi connectivity index (χ4n) is 3.57. The average molecular weight is 463 g/mol. The number of amides is 2. The monoisotopic (exact) mass is 462 g/mol. The molecular formula is C28H31FN2O3. The fourth-order valence-corrected chi connectivity index (χ4v) is 3.57. The molecule has 0 spiro atoms. The van der Waals surface area contributed by atoms with Crippen LogP contribution in [-0.2, 0) is 22.6 Å². The number of nitrogens with zero attached hydrogens (tertiary/aromatic N) is 1. The molecule has 178 valence electrons. The Bertz CT molecular complexity index is 1080. The molecule has 3 aromatic rings. The largest absolute Gasteiger partial charge is 0.481 e. The lowest BCUT2D eigenvalue weighted by Gasteiger charge is -2.33. The molecule has 1 atom stereocenters. The van der Waals surface area contributed by atoms with Gasteiger partial charge in [-0.05, 0) is 44.0 Å². The molecule has 1 N–H and O–H groups in total. The molecule has 3 rings (SSSR count). The lowest BCUT2D eigenvalue weighted by atomic mass is 10.0. The van der Waals surface area contributed by atoms with Crippen molar-refractivity contribution < 1.29 is 18.7 Å². The van der Waals surface area contributed by atoms with Crippen LogP contribution in [0.4, 0.5) is 4.39 Å². The predicted molar refractivity (Wildman–Crippen MR) is 131 cm³/mol. The first-order chi connectivity index (χ1) is 16.2. The van der Waals surface area contributed by atoms with Crippen LogP contribution < -0.4 is 10.1 Å². The number of carbonyl (C=O) groups excluding carboxylic acids is 2. The summed E-state index contributed by atoms with van der Waals surface area (Å²) in [4.78, 5) is 28.4. The average Bonchev–Trinajstić information content (AvgIpc) is 2.81. The minimum atomic E-state index is -0.779. The summed E-state index contributed by atoms with van der Waals surface area (Å²) in [5.41, 5.74) is 1.33. The molecule has 0 fully saturated rings. The van der Waals surface area contributed by atoms with Crippen molar-refractivity contribution >= 4 is 11.8 Å². The Hall–Kier alpha value is -3.67. The van der Waals surface area contributed by atoms with E-state index in [-0.39, 0.29) is 24.8 Å². The van der Waals surface area contributed by atoms with Crippen LogP contribution >= 0.6 is 0 Å². The highest BCUT2D eigenvalue weighted by Gasteiger charge is 2.32. The Morgan fingerprint density at radius 2 is 1.44 bits per heavy atom. The van der Waals surface area contributed by atoms with E-state index in [1.165, 1.54) is 17.0 Å². The van der Waals surface area contributed by atoms with Crippen LogP contribution in [0.2, 0.25) is 0 Å². The van der Waals surface area contributed by atoms with E-state index in [0.717, 1.165) is 11.1 Å². The minimum absolute atomic E-state index is 0.00531. The summed E-state index contributed by atoms with van der Waals surface area (Å²) >= 11 is 0. The Kier molecular flexibility index (Phi) is 8.41. The summed E-state index contributed by atoms with van der Waals surface area (Å²) < 4.78 is 19.5. The van der Waals surface area contributed by atoms with Gasteiger partial charge in [-0.3, -0.25) is 9.59 Å². The third kappa shape index (κ3) is 7.44. The lowest BCUT2D eigenvalue weighted by Crippen LogP contribution is -2.55. The molecule has 0 heterocycles. The van der Waals surface area contributed by atoms with E-state index >= 15 is 0 Å². The minimum Gasteiger partial charge on any atom is -0.481 e. The van der Waals surface area contributed by atoms with Crippen molar-refractivity contribution in [3.8, 4) is 5.75 Å². The summed E-state index contributed by atoms with van der Waals surface area (Å²) in [7, 11) is 0. The maximum absolute atomic E-state index is 14.0. The van der Waals surface area contributed by atoms with E-state index in [4.69, 9.17) is 4.74 Å². The van der Waals surface area contributed by atoms with E-state index in [9.17, 15) is 14.0 Å². The number of hydrogen-bond donors (Lipinski definition) is 1. The first kappa shape index (κ1) is 25.0. The number of halogens is 1. The van der Waals surface area contributed by atoms with Gasteiger partial charge < -0.3 is 15.0 Å². The molecule has 34 heavy (non-hydrogen) atoms. The number of hydrogen-bond acceptors (Lipinski definition) is 3. The topological polar surface area (TPSA) is 58.6 Å². The molecule has 6 heteroatoms. The number of carbonyl (C=O) groups is 2. The van der Waals surface area contributed by atoms with Gasteiger partial charge in [-0.15, -0.1) is 0 Å². The van der Waals surface area contributed by atoms with Crippen LogP contribution in [0.5, 0.6) is 5.75 Å². The molecular weight excluding hydrogens is 431 g/mol. The van der Waals surface area contributed by atoms with Crippen molar-refractivity contribution in [2.75, 3.05) is 6.61 Å². The van der Waals surface area contributed by atoms with Gasteiger partial charge in [-0.25, -0.2) is 4.39 Å². The van der Waals surface area contributed by atoms with Crippen molar-refractivity contribution in [1.82, 2.24) is 10.2 Å². The van der Waals surface area contributed by atoms with Crippen LogP contribution in [0.15, 0.2) is 84.9 Å².